The first-order valence-corrected chi connectivity index (χ1v) is 5.89. The zero-order valence-electron chi connectivity index (χ0n) is 10.7. The second-order valence-electron chi connectivity index (χ2n) is 4.27. The molecule has 102 valence electrons. The maximum atomic E-state index is 13.4. The maximum absolute atomic E-state index is 13.4. The number of aromatic carboxylic acids is 1. The van der Waals surface area contributed by atoms with Crippen LogP contribution in [0.5, 0.6) is 0 Å². The topological polar surface area (TPSA) is 66.4 Å². The van der Waals surface area contributed by atoms with Crippen LogP contribution in [0, 0.1) is 12.7 Å². The van der Waals surface area contributed by atoms with Crippen molar-refractivity contribution in [2.24, 2.45) is 0 Å². The van der Waals surface area contributed by atoms with Gasteiger partial charge in [-0.2, -0.15) is 0 Å². The van der Waals surface area contributed by atoms with Crippen LogP contribution in [-0.4, -0.2) is 17.0 Å². The fraction of sp³-hybridized carbons (Fsp3) is 0.0667. The van der Waals surface area contributed by atoms with E-state index in [1.807, 2.05) is 0 Å². The summed E-state index contributed by atoms with van der Waals surface area (Å²) in [5.41, 5.74) is 0.722. The van der Waals surface area contributed by atoms with Crippen LogP contribution < -0.4 is 5.32 Å². The Balaban J connectivity index is 2.28. The van der Waals surface area contributed by atoms with Crippen molar-refractivity contribution in [3.63, 3.8) is 0 Å². The second kappa shape index (κ2) is 5.52. The third kappa shape index (κ3) is 2.83. The highest BCUT2D eigenvalue weighted by atomic mass is 19.1. The Bertz CT molecular complexity index is 683. The largest absolute Gasteiger partial charge is 0.478 e. The van der Waals surface area contributed by atoms with Crippen LogP contribution >= 0.6 is 0 Å². The van der Waals surface area contributed by atoms with E-state index in [9.17, 15) is 14.0 Å². The minimum atomic E-state index is -1.14. The molecule has 20 heavy (non-hydrogen) atoms. The summed E-state index contributed by atoms with van der Waals surface area (Å²) >= 11 is 0. The lowest BCUT2D eigenvalue weighted by Crippen LogP contribution is -2.15. The number of rotatable bonds is 3. The number of carbonyl (C=O) groups is 2. The summed E-state index contributed by atoms with van der Waals surface area (Å²) in [4.78, 5) is 23.0. The van der Waals surface area contributed by atoms with E-state index in [1.54, 1.807) is 19.1 Å². The molecule has 0 fully saturated rings. The molecule has 2 rings (SSSR count). The summed E-state index contributed by atoms with van der Waals surface area (Å²) < 4.78 is 13.4. The molecule has 2 aromatic carbocycles. The van der Waals surface area contributed by atoms with Crippen molar-refractivity contribution < 1.29 is 19.1 Å². The minimum absolute atomic E-state index is 0.0200. The number of carbonyl (C=O) groups excluding carboxylic acids is 1. The van der Waals surface area contributed by atoms with Crippen molar-refractivity contribution in [3.05, 3.63) is 65.0 Å². The smallest absolute Gasteiger partial charge is 0.337 e. The normalized spacial score (nSPS) is 10.1. The Morgan fingerprint density at radius 3 is 2.50 bits per heavy atom. The Morgan fingerprint density at radius 1 is 1.15 bits per heavy atom. The molecular weight excluding hydrogens is 261 g/mol. The highest BCUT2D eigenvalue weighted by molar-refractivity contribution is 6.07. The van der Waals surface area contributed by atoms with Gasteiger partial charge in [0.05, 0.1) is 11.3 Å². The molecule has 2 aromatic rings. The number of halogens is 1. The molecule has 0 radical (unpaired) electrons. The first kappa shape index (κ1) is 13.7. The van der Waals surface area contributed by atoms with Crippen LogP contribution in [-0.2, 0) is 0 Å². The predicted octanol–water partition coefficient (Wildman–Crippen LogP) is 3.08. The van der Waals surface area contributed by atoms with Gasteiger partial charge in [0.1, 0.15) is 5.82 Å². The van der Waals surface area contributed by atoms with Crippen molar-refractivity contribution in [3.8, 4) is 0 Å². The second-order valence-corrected chi connectivity index (χ2v) is 4.27. The Hall–Kier alpha value is -2.69. The summed E-state index contributed by atoms with van der Waals surface area (Å²) in [6, 6.07) is 10.1. The molecule has 0 unspecified atom stereocenters. The standard InChI is InChI=1S/C15H12FNO3/c1-9-6-7-10(8-12(9)16)14(18)17-13-5-3-2-4-11(13)15(19)20/h2-8H,1H3,(H,17,18)(H,19,20). The van der Waals surface area contributed by atoms with Crippen LogP contribution in [0.3, 0.4) is 0 Å². The number of nitrogens with one attached hydrogen (secondary N) is 1. The molecule has 0 heterocycles. The molecule has 4 nitrogen and oxygen atoms in total. The highest BCUT2D eigenvalue weighted by Gasteiger charge is 2.13. The summed E-state index contributed by atoms with van der Waals surface area (Å²) in [7, 11) is 0. The van der Waals surface area contributed by atoms with Gasteiger partial charge in [0.25, 0.3) is 5.91 Å². The fourth-order valence-corrected chi connectivity index (χ4v) is 1.71. The number of aryl methyl sites for hydroxylation is 1. The molecule has 5 heteroatoms. The lowest BCUT2D eigenvalue weighted by Gasteiger charge is -2.08. The Morgan fingerprint density at radius 2 is 1.85 bits per heavy atom. The van der Waals surface area contributed by atoms with Crippen molar-refractivity contribution in [1.29, 1.82) is 0 Å². The summed E-state index contributed by atoms with van der Waals surface area (Å²) in [6.45, 7) is 1.59. The van der Waals surface area contributed by atoms with E-state index in [1.165, 1.54) is 24.3 Å². The van der Waals surface area contributed by atoms with Crippen LogP contribution in [0.25, 0.3) is 0 Å². The van der Waals surface area contributed by atoms with E-state index in [0.717, 1.165) is 6.07 Å². The van der Waals surface area contributed by atoms with Gasteiger partial charge < -0.3 is 10.4 Å². The molecule has 0 aliphatic rings. The predicted molar refractivity (Wildman–Crippen MR) is 72.5 cm³/mol. The zero-order chi connectivity index (χ0) is 14.7. The van der Waals surface area contributed by atoms with Gasteiger partial charge in [-0.15, -0.1) is 0 Å². The molecule has 0 saturated carbocycles. The number of hydrogen-bond acceptors (Lipinski definition) is 2. The molecule has 0 aromatic heterocycles. The Kier molecular flexibility index (Phi) is 3.79. The molecule has 0 saturated heterocycles. The van der Waals surface area contributed by atoms with E-state index in [-0.39, 0.29) is 16.8 Å². The van der Waals surface area contributed by atoms with Crippen molar-refractivity contribution >= 4 is 17.6 Å². The van der Waals surface area contributed by atoms with Gasteiger partial charge in [-0.1, -0.05) is 18.2 Å². The average Bonchev–Trinajstić information content (AvgIpc) is 2.42. The summed E-state index contributed by atoms with van der Waals surface area (Å²) in [5.74, 6) is -2.18. The lowest BCUT2D eigenvalue weighted by molar-refractivity contribution is 0.0698. The number of carboxylic acid groups (broad SMARTS) is 1. The third-order valence-electron chi connectivity index (χ3n) is 2.84. The molecule has 0 aliphatic carbocycles. The van der Waals surface area contributed by atoms with Gasteiger partial charge in [-0.25, -0.2) is 9.18 Å². The first-order valence-electron chi connectivity index (χ1n) is 5.89. The summed E-state index contributed by atoms with van der Waals surface area (Å²) in [6.07, 6.45) is 0. The fourth-order valence-electron chi connectivity index (χ4n) is 1.71. The molecule has 0 atom stereocenters. The minimum Gasteiger partial charge on any atom is -0.478 e. The number of amides is 1. The van der Waals surface area contributed by atoms with Gasteiger partial charge in [0.15, 0.2) is 0 Å². The monoisotopic (exact) mass is 273 g/mol. The highest BCUT2D eigenvalue weighted by Crippen LogP contribution is 2.17. The van der Waals surface area contributed by atoms with Crippen molar-refractivity contribution in [1.82, 2.24) is 0 Å². The number of benzene rings is 2. The van der Waals surface area contributed by atoms with Gasteiger partial charge in [0, 0.05) is 5.56 Å². The van der Waals surface area contributed by atoms with Crippen LogP contribution in [0.1, 0.15) is 26.3 Å². The number of anilines is 1. The molecular formula is C15H12FNO3. The molecule has 0 bridgehead atoms. The quantitative estimate of drug-likeness (QED) is 0.903. The SMILES string of the molecule is Cc1ccc(C(=O)Nc2ccccc2C(=O)O)cc1F. The van der Waals surface area contributed by atoms with Gasteiger partial charge in [-0.3, -0.25) is 4.79 Å². The third-order valence-corrected chi connectivity index (χ3v) is 2.84. The van der Waals surface area contributed by atoms with E-state index >= 15 is 0 Å². The van der Waals surface area contributed by atoms with Crippen LogP contribution in [0.15, 0.2) is 42.5 Å². The van der Waals surface area contributed by atoms with Gasteiger partial charge >= 0.3 is 5.97 Å². The molecule has 0 aliphatic heterocycles. The number of hydrogen-bond donors (Lipinski definition) is 2. The van der Waals surface area contributed by atoms with Crippen molar-refractivity contribution in [2.45, 2.75) is 6.92 Å². The van der Waals surface area contributed by atoms with E-state index in [2.05, 4.69) is 5.32 Å². The first-order chi connectivity index (χ1) is 9.49. The van der Waals surface area contributed by atoms with Crippen molar-refractivity contribution in [2.75, 3.05) is 5.32 Å². The zero-order valence-corrected chi connectivity index (χ0v) is 10.7. The summed E-state index contributed by atoms with van der Waals surface area (Å²) in [5, 5.41) is 11.5. The average molecular weight is 273 g/mol. The van der Waals surface area contributed by atoms with Gasteiger partial charge in [0.2, 0.25) is 0 Å². The molecule has 2 N–H and O–H groups in total. The molecule has 0 spiro atoms. The Labute approximate surface area is 114 Å². The van der Waals surface area contributed by atoms with Crippen LogP contribution in [0.2, 0.25) is 0 Å². The number of carboxylic acids is 1. The van der Waals surface area contributed by atoms with E-state index in [0.29, 0.717) is 5.56 Å². The van der Waals surface area contributed by atoms with E-state index < -0.39 is 17.7 Å². The molecule has 1 amide bonds. The van der Waals surface area contributed by atoms with E-state index in [4.69, 9.17) is 5.11 Å². The number of para-hydroxylation sites is 1. The maximum Gasteiger partial charge on any atom is 0.337 e. The van der Waals surface area contributed by atoms with Crippen LogP contribution in [0.4, 0.5) is 10.1 Å². The van der Waals surface area contributed by atoms with Gasteiger partial charge in [-0.05, 0) is 36.8 Å². The lowest BCUT2D eigenvalue weighted by atomic mass is 10.1.